The molecule has 1 saturated carbocycles. The van der Waals surface area contributed by atoms with Crippen LogP contribution in [0.2, 0.25) is 0 Å². The lowest BCUT2D eigenvalue weighted by atomic mass is 10.2. The zero-order chi connectivity index (χ0) is 11.4. The molecular weight excluding hydrogens is 230 g/mol. The summed E-state index contributed by atoms with van der Waals surface area (Å²) >= 11 is 0. The summed E-state index contributed by atoms with van der Waals surface area (Å²) in [7, 11) is 0. The summed E-state index contributed by atoms with van der Waals surface area (Å²) in [6.45, 7) is 3.32. The average molecular weight is 250 g/mol. The van der Waals surface area contributed by atoms with Crippen molar-refractivity contribution in [3.05, 3.63) is 0 Å². The van der Waals surface area contributed by atoms with Crippen LogP contribution in [0.3, 0.4) is 0 Å². The molecule has 0 bridgehead atoms. The number of carbonyl (C=O) groups is 2. The van der Waals surface area contributed by atoms with Crippen LogP contribution in [0.1, 0.15) is 26.2 Å². The molecule has 1 aliphatic rings. The Bertz CT molecular complexity index is 256. The van der Waals surface area contributed by atoms with E-state index < -0.39 is 11.9 Å². The second kappa shape index (κ2) is 6.70. The molecule has 0 aromatic heterocycles. The van der Waals surface area contributed by atoms with Gasteiger partial charge in [0, 0.05) is 13.1 Å². The quantitative estimate of drug-likeness (QED) is 0.687. The number of primary amides is 1. The molecule has 5 nitrogen and oxygen atoms in total. The number of hydrogen-bond acceptors (Lipinski definition) is 3. The third-order valence-corrected chi connectivity index (χ3v) is 2.61. The largest absolute Gasteiger partial charge is 0.370 e. The summed E-state index contributed by atoms with van der Waals surface area (Å²) < 4.78 is 0. The Balaban J connectivity index is 0.00000225. The normalized spacial score (nSPS) is 16.1. The monoisotopic (exact) mass is 249 g/mol. The number of carbonyl (C=O) groups excluding carboxylic acids is 2. The highest BCUT2D eigenvalue weighted by molar-refractivity contribution is 5.87. The Morgan fingerprint density at radius 1 is 1.44 bits per heavy atom. The van der Waals surface area contributed by atoms with E-state index in [4.69, 9.17) is 11.5 Å². The summed E-state index contributed by atoms with van der Waals surface area (Å²) in [6.07, 6.45) is 2.31. The maximum absolute atomic E-state index is 11.8. The van der Waals surface area contributed by atoms with Crippen LogP contribution in [-0.2, 0) is 9.59 Å². The molecule has 0 aromatic carbocycles. The van der Waals surface area contributed by atoms with Gasteiger partial charge in [-0.3, -0.25) is 9.59 Å². The lowest BCUT2D eigenvalue weighted by Crippen LogP contribution is -2.46. The van der Waals surface area contributed by atoms with Crippen molar-refractivity contribution in [2.24, 2.45) is 17.4 Å². The van der Waals surface area contributed by atoms with Gasteiger partial charge >= 0.3 is 0 Å². The molecule has 1 unspecified atom stereocenters. The first-order valence-corrected chi connectivity index (χ1v) is 5.37. The van der Waals surface area contributed by atoms with Gasteiger partial charge in [-0.2, -0.15) is 0 Å². The van der Waals surface area contributed by atoms with Crippen molar-refractivity contribution in [3.8, 4) is 0 Å². The summed E-state index contributed by atoms with van der Waals surface area (Å²) in [4.78, 5) is 24.1. The zero-order valence-corrected chi connectivity index (χ0v) is 10.3. The van der Waals surface area contributed by atoms with E-state index in [1.807, 2.05) is 6.92 Å². The van der Waals surface area contributed by atoms with Gasteiger partial charge in [-0.1, -0.05) is 0 Å². The molecule has 1 aliphatic carbocycles. The minimum absolute atomic E-state index is 0. The molecule has 0 spiro atoms. The van der Waals surface area contributed by atoms with Gasteiger partial charge in [0.1, 0.15) is 0 Å². The molecule has 16 heavy (non-hydrogen) atoms. The van der Waals surface area contributed by atoms with Gasteiger partial charge < -0.3 is 16.4 Å². The van der Waals surface area contributed by atoms with Crippen LogP contribution < -0.4 is 11.5 Å². The van der Waals surface area contributed by atoms with E-state index in [9.17, 15) is 9.59 Å². The first-order chi connectivity index (χ1) is 7.04. The second-order valence-corrected chi connectivity index (χ2v) is 4.10. The molecule has 6 heteroatoms. The fourth-order valence-electron chi connectivity index (χ4n) is 1.53. The SMILES string of the molecule is CCN(CC1CC1)C(=O)C(N)CC(N)=O.Cl. The van der Waals surface area contributed by atoms with Gasteiger partial charge in [0.25, 0.3) is 0 Å². The van der Waals surface area contributed by atoms with Gasteiger partial charge in [0.2, 0.25) is 11.8 Å². The molecule has 1 rings (SSSR count). The molecular formula is C10H20ClN3O2. The maximum Gasteiger partial charge on any atom is 0.240 e. The molecule has 1 fully saturated rings. The topological polar surface area (TPSA) is 89.4 Å². The van der Waals surface area contributed by atoms with E-state index >= 15 is 0 Å². The van der Waals surface area contributed by atoms with Crippen LogP contribution in [0.5, 0.6) is 0 Å². The van der Waals surface area contributed by atoms with Gasteiger partial charge in [0.15, 0.2) is 0 Å². The molecule has 0 radical (unpaired) electrons. The van der Waals surface area contributed by atoms with Crippen molar-refractivity contribution in [3.63, 3.8) is 0 Å². The first kappa shape index (κ1) is 15.2. The molecule has 0 aromatic rings. The van der Waals surface area contributed by atoms with E-state index in [0.29, 0.717) is 12.5 Å². The third kappa shape index (κ3) is 4.81. The van der Waals surface area contributed by atoms with Crippen molar-refractivity contribution in [2.45, 2.75) is 32.2 Å². The van der Waals surface area contributed by atoms with E-state index in [0.717, 1.165) is 6.54 Å². The fraction of sp³-hybridized carbons (Fsp3) is 0.800. The van der Waals surface area contributed by atoms with Crippen LogP contribution in [-0.4, -0.2) is 35.8 Å². The van der Waals surface area contributed by atoms with Crippen molar-refractivity contribution in [1.82, 2.24) is 4.90 Å². The van der Waals surface area contributed by atoms with Gasteiger partial charge in [-0.25, -0.2) is 0 Å². The highest BCUT2D eigenvalue weighted by Crippen LogP contribution is 2.29. The van der Waals surface area contributed by atoms with Crippen molar-refractivity contribution in [2.75, 3.05) is 13.1 Å². The van der Waals surface area contributed by atoms with Crippen LogP contribution in [0.4, 0.5) is 0 Å². The summed E-state index contributed by atoms with van der Waals surface area (Å²) in [5.74, 6) is -0.0591. The predicted molar refractivity (Wildman–Crippen MR) is 64.0 cm³/mol. The van der Waals surface area contributed by atoms with E-state index in [1.165, 1.54) is 12.8 Å². The first-order valence-electron chi connectivity index (χ1n) is 5.37. The lowest BCUT2D eigenvalue weighted by Gasteiger charge is -2.23. The van der Waals surface area contributed by atoms with Gasteiger partial charge in [0.05, 0.1) is 12.5 Å². The van der Waals surface area contributed by atoms with Crippen LogP contribution in [0, 0.1) is 5.92 Å². The van der Waals surface area contributed by atoms with E-state index in [1.54, 1.807) is 4.90 Å². The highest BCUT2D eigenvalue weighted by Gasteiger charge is 2.28. The number of rotatable bonds is 6. The lowest BCUT2D eigenvalue weighted by molar-refractivity contribution is -0.134. The summed E-state index contributed by atoms with van der Waals surface area (Å²) in [5.41, 5.74) is 10.6. The number of nitrogens with two attached hydrogens (primary N) is 2. The standard InChI is InChI=1S/C10H19N3O2.ClH/c1-2-13(6-7-3-4-7)10(15)8(11)5-9(12)14;/h7-8H,2-6,11H2,1H3,(H2,12,14);1H. The summed E-state index contributed by atoms with van der Waals surface area (Å²) in [6, 6.07) is -0.777. The van der Waals surface area contributed by atoms with Gasteiger partial charge in [-0.05, 0) is 25.7 Å². The minimum atomic E-state index is -0.777. The molecule has 1 atom stereocenters. The average Bonchev–Trinajstić information content (AvgIpc) is 2.95. The predicted octanol–water partition coefficient (Wildman–Crippen LogP) is -0.131. The summed E-state index contributed by atoms with van der Waals surface area (Å²) in [5, 5.41) is 0. The van der Waals surface area contributed by atoms with Crippen molar-refractivity contribution < 1.29 is 9.59 Å². The Hall–Kier alpha value is -0.810. The highest BCUT2D eigenvalue weighted by atomic mass is 35.5. The molecule has 4 N–H and O–H groups in total. The van der Waals surface area contributed by atoms with E-state index in [-0.39, 0.29) is 24.7 Å². The minimum Gasteiger partial charge on any atom is -0.370 e. The Morgan fingerprint density at radius 3 is 2.38 bits per heavy atom. The fourth-order valence-corrected chi connectivity index (χ4v) is 1.53. The zero-order valence-electron chi connectivity index (χ0n) is 9.52. The number of nitrogens with zero attached hydrogens (tertiary/aromatic N) is 1. The second-order valence-electron chi connectivity index (χ2n) is 4.10. The Morgan fingerprint density at radius 2 is 2.00 bits per heavy atom. The Kier molecular flexibility index (Phi) is 6.36. The van der Waals surface area contributed by atoms with E-state index in [2.05, 4.69) is 0 Å². The smallest absolute Gasteiger partial charge is 0.240 e. The van der Waals surface area contributed by atoms with Crippen LogP contribution in [0.25, 0.3) is 0 Å². The molecule has 0 heterocycles. The number of halogens is 1. The molecule has 2 amide bonds. The molecule has 0 saturated heterocycles. The van der Waals surface area contributed by atoms with Crippen LogP contribution >= 0.6 is 12.4 Å². The van der Waals surface area contributed by atoms with Crippen molar-refractivity contribution in [1.29, 1.82) is 0 Å². The third-order valence-electron chi connectivity index (χ3n) is 2.61. The number of likely N-dealkylation sites (N-methyl/N-ethyl adjacent to an activating group) is 1. The molecule has 0 aliphatic heterocycles. The maximum atomic E-state index is 11.8. The number of hydrogen-bond donors (Lipinski definition) is 2. The Labute approximate surface area is 102 Å². The van der Waals surface area contributed by atoms with Crippen LogP contribution in [0.15, 0.2) is 0 Å². The molecule has 94 valence electrons. The van der Waals surface area contributed by atoms with Crippen molar-refractivity contribution >= 4 is 24.2 Å². The van der Waals surface area contributed by atoms with Gasteiger partial charge in [-0.15, -0.1) is 12.4 Å². The number of amides is 2.